The van der Waals surface area contributed by atoms with Crippen LogP contribution in [0.3, 0.4) is 0 Å². The van der Waals surface area contributed by atoms with Crippen LogP contribution in [-0.2, 0) is 16.4 Å². The maximum absolute atomic E-state index is 11.3. The Morgan fingerprint density at radius 3 is 2.42 bits per heavy atom. The van der Waals surface area contributed by atoms with Crippen molar-refractivity contribution in [1.82, 2.24) is 5.32 Å². The molecule has 1 aromatic rings. The zero-order valence-corrected chi connectivity index (χ0v) is 12.5. The molecule has 1 aromatic carbocycles. The first-order valence-corrected chi connectivity index (χ1v) is 8.58. The molecular weight excluding hydrogens is 260 g/mol. The highest BCUT2D eigenvalue weighted by Gasteiger charge is 2.06. The second-order valence-electron chi connectivity index (χ2n) is 4.95. The van der Waals surface area contributed by atoms with Gasteiger partial charge in [0, 0.05) is 25.4 Å². The summed E-state index contributed by atoms with van der Waals surface area (Å²) >= 11 is 0. The lowest BCUT2D eigenvalue weighted by Crippen LogP contribution is -2.33. The molecule has 0 radical (unpaired) electrons. The van der Waals surface area contributed by atoms with Crippen LogP contribution in [0.25, 0.3) is 0 Å². The van der Waals surface area contributed by atoms with Gasteiger partial charge in [0.15, 0.2) is 9.84 Å². The molecule has 1 unspecified atom stereocenters. The highest BCUT2D eigenvalue weighted by atomic mass is 32.2. The van der Waals surface area contributed by atoms with E-state index in [1.165, 1.54) is 12.7 Å². The summed E-state index contributed by atoms with van der Waals surface area (Å²) in [6.45, 7) is 3.65. The maximum Gasteiger partial charge on any atom is 0.175 e. The van der Waals surface area contributed by atoms with Crippen LogP contribution in [0, 0.1) is 0 Å². The van der Waals surface area contributed by atoms with Crippen LogP contribution >= 0.6 is 0 Å². The molecule has 19 heavy (non-hydrogen) atoms. The fraction of sp³-hybridized carbons (Fsp3) is 0.571. The summed E-state index contributed by atoms with van der Waals surface area (Å²) in [5.74, 6) is 0. The van der Waals surface area contributed by atoms with Crippen LogP contribution < -0.4 is 11.1 Å². The second-order valence-corrected chi connectivity index (χ2v) is 6.97. The summed E-state index contributed by atoms with van der Waals surface area (Å²) < 4.78 is 22.6. The molecule has 1 rings (SSSR count). The number of unbranched alkanes of at least 4 members (excludes halogenated alkanes) is 1. The van der Waals surface area contributed by atoms with E-state index in [1.54, 1.807) is 12.1 Å². The molecule has 0 fully saturated rings. The lowest BCUT2D eigenvalue weighted by atomic mass is 10.1. The standard InChI is InChI=1S/C14H24N2O2S/c1-3-4-5-13(15)11-16-10-12-6-8-14(9-7-12)19(2,17)18/h6-9,13,16H,3-5,10-11,15H2,1-2H3. The Labute approximate surface area is 116 Å². The molecule has 4 nitrogen and oxygen atoms in total. The van der Waals surface area contributed by atoms with Crippen molar-refractivity contribution >= 4 is 9.84 Å². The topological polar surface area (TPSA) is 72.2 Å². The van der Waals surface area contributed by atoms with Crippen molar-refractivity contribution in [3.63, 3.8) is 0 Å². The van der Waals surface area contributed by atoms with Crippen molar-refractivity contribution in [3.05, 3.63) is 29.8 Å². The third-order valence-corrected chi connectivity index (χ3v) is 4.14. The van der Waals surface area contributed by atoms with E-state index in [2.05, 4.69) is 12.2 Å². The molecule has 0 heterocycles. The molecular formula is C14H24N2O2S. The van der Waals surface area contributed by atoms with Crippen molar-refractivity contribution in [2.45, 2.75) is 43.7 Å². The number of hydrogen-bond acceptors (Lipinski definition) is 4. The fourth-order valence-corrected chi connectivity index (χ4v) is 2.46. The molecule has 0 amide bonds. The number of rotatable bonds is 8. The van der Waals surface area contributed by atoms with Crippen LogP contribution in [0.2, 0.25) is 0 Å². The fourth-order valence-electron chi connectivity index (χ4n) is 1.82. The number of nitrogens with one attached hydrogen (secondary N) is 1. The van der Waals surface area contributed by atoms with E-state index in [0.29, 0.717) is 11.4 Å². The minimum atomic E-state index is -3.10. The predicted molar refractivity (Wildman–Crippen MR) is 78.8 cm³/mol. The van der Waals surface area contributed by atoms with Crippen LogP contribution in [0.4, 0.5) is 0 Å². The Morgan fingerprint density at radius 2 is 1.89 bits per heavy atom. The summed E-state index contributed by atoms with van der Waals surface area (Å²) in [7, 11) is -3.10. The normalized spacial score (nSPS) is 13.4. The first kappa shape index (κ1) is 16.1. The summed E-state index contributed by atoms with van der Waals surface area (Å²) in [6.07, 6.45) is 4.58. The number of sulfone groups is 1. The minimum absolute atomic E-state index is 0.190. The average Bonchev–Trinajstić information content (AvgIpc) is 2.36. The van der Waals surface area contributed by atoms with Gasteiger partial charge in [-0.15, -0.1) is 0 Å². The molecule has 0 aliphatic rings. The predicted octanol–water partition coefficient (Wildman–Crippen LogP) is 1.70. The molecule has 0 aliphatic heterocycles. The zero-order valence-electron chi connectivity index (χ0n) is 11.7. The van der Waals surface area contributed by atoms with Crippen molar-refractivity contribution < 1.29 is 8.42 Å². The van der Waals surface area contributed by atoms with Crippen LogP contribution in [0.15, 0.2) is 29.2 Å². The lowest BCUT2D eigenvalue weighted by molar-refractivity contribution is 0.524. The van der Waals surface area contributed by atoms with E-state index in [4.69, 9.17) is 5.73 Å². The monoisotopic (exact) mass is 284 g/mol. The van der Waals surface area contributed by atoms with Gasteiger partial charge in [-0.05, 0) is 24.1 Å². The Bertz CT molecular complexity index is 469. The van der Waals surface area contributed by atoms with Crippen LogP contribution in [0.5, 0.6) is 0 Å². The Hall–Kier alpha value is -0.910. The van der Waals surface area contributed by atoms with E-state index >= 15 is 0 Å². The second kappa shape index (κ2) is 7.62. The van der Waals surface area contributed by atoms with Gasteiger partial charge in [-0.25, -0.2) is 8.42 Å². The van der Waals surface area contributed by atoms with E-state index in [-0.39, 0.29) is 6.04 Å². The van der Waals surface area contributed by atoms with E-state index < -0.39 is 9.84 Å². The summed E-state index contributed by atoms with van der Waals surface area (Å²) in [5, 5.41) is 3.29. The highest BCUT2D eigenvalue weighted by Crippen LogP contribution is 2.10. The zero-order chi connectivity index (χ0) is 14.3. The Balaban J connectivity index is 2.38. The van der Waals surface area contributed by atoms with E-state index in [0.717, 1.165) is 24.9 Å². The van der Waals surface area contributed by atoms with Gasteiger partial charge in [0.05, 0.1) is 4.90 Å². The smallest absolute Gasteiger partial charge is 0.175 e. The Kier molecular flexibility index (Phi) is 6.48. The third-order valence-electron chi connectivity index (χ3n) is 3.02. The van der Waals surface area contributed by atoms with Crippen molar-refractivity contribution in [2.24, 2.45) is 5.73 Å². The van der Waals surface area contributed by atoms with E-state index in [1.807, 2.05) is 12.1 Å². The molecule has 5 heteroatoms. The molecule has 1 atom stereocenters. The first-order valence-electron chi connectivity index (χ1n) is 6.68. The largest absolute Gasteiger partial charge is 0.327 e. The average molecular weight is 284 g/mol. The van der Waals surface area contributed by atoms with Crippen LogP contribution in [-0.4, -0.2) is 27.3 Å². The Morgan fingerprint density at radius 1 is 1.26 bits per heavy atom. The quantitative estimate of drug-likeness (QED) is 0.762. The molecule has 0 aliphatic carbocycles. The molecule has 0 bridgehead atoms. The summed E-state index contributed by atoms with van der Waals surface area (Å²) in [6, 6.07) is 7.14. The lowest BCUT2D eigenvalue weighted by Gasteiger charge is -2.12. The van der Waals surface area contributed by atoms with Gasteiger partial charge in [-0.2, -0.15) is 0 Å². The molecule has 3 N–H and O–H groups in total. The van der Waals surface area contributed by atoms with Gasteiger partial charge in [-0.3, -0.25) is 0 Å². The van der Waals surface area contributed by atoms with E-state index in [9.17, 15) is 8.42 Å². The third kappa shape index (κ3) is 6.18. The maximum atomic E-state index is 11.3. The highest BCUT2D eigenvalue weighted by molar-refractivity contribution is 7.90. The molecule has 0 spiro atoms. The van der Waals surface area contributed by atoms with Gasteiger partial charge >= 0.3 is 0 Å². The molecule has 108 valence electrons. The van der Waals surface area contributed by atoms with Crippen molar-refractivity contribution in [2.75, 3.05) is 12.8 Å². The van der Waals surface area contributed by atoms with Crippen LogP contribution in [0.1, 0.15) is 31.7 Å². The van der Waals surface area contributed by atoms with Gasteiger partial charge in [0.2, 0.25) is 0 Å². The van der Waals surface area contributed by atoms with Gasteiger partial charge in [0.25, 0.3) is 0 Å². The van der Waals surface area contributed by atoms with Crippen molar-refractivity contribution in [1.29, 1.82) is 0 Å². The number of benzene rings is 1. The summed E-state index contributed by atoms with van der Waals surface area (Å²) in [5.41, 5.74) is 7.03. The summed E-state index contributed by atoms with van der Waals surface area (Å²) in [4.78, 5) is 0.357. The molecule has 0 aromatic heterocycles. The SMILES string of the molecule is CCCCC(N)CNCc1ccc(S(C)(=O)=O)cc1. The van der Waals surface area contributed by atoms with Gasteiger partial charge in [-0.1, -0.05) is 31.9 Å². The van der Waals surface area contributed by atoms with Gasteiger partial charge < -0.3 is 11.1 Å². The van der Waals surface area contributed by atoms with Gasteiger partial charge in [0.1, 0.15) is 0 Å². The first-order chi connectivity index (χ1) is 8.93. The number of hydrogen-bond donors (Lipinski definition) is 2. The molecule has 0 saturated carbocycles. The number of nitrogens with two attached hydrogens (primary N) is 1. The molecule has 0 saturated heterocycles. The van der Waals surface area contributed by atoms with Crippen molar-refractivity contribution in [3.8, 4) is 0 Å². The minimum Gasteiger partial charge on any atom is -0.327 e.